The summed E-state index contributed by atoms with van der Waals surface area (Å²) in [6.07, 6.45) is 1.72. The molecule has 1 aliphatic heterocycles. The first-order chi connectivity index (χ1) is 17.0. The summed E-state index contributed by atoms with van der Waals surface area (Å²) in [5.41, 5.74) is 3.01. The van der Waals surface area contributed by atoms with E-state index in [0.717, 1.165) is 25.8 Å². The average Bonchev–Trinajstić information content (AvgIpc) is 3.16. The van der Waals surface area contributed by atoms with Gasteiger partial charge in [0.1, 0.15) is 12.4 Å². The lowest BCUT2D eigenvalue weighted by atomic mass is 10.0. The van der Waals surface area contributed by atoms with Crippen molar-refractivity contribution < 1.29 is 14.3 Å². The number of carbonyl (C=O) groups is 2. The molecule has 0 spiro atoms. The van der Waals surface area contributed by atoms with E-state index in [-0.39, 0.29) is 0 Å². The lowest BCUT2D eigenvalue weighted by Crippen LogP contribution is -2.29. The molecule has 0 saturated carbocycles. The molecule has 2 amide bonds. The van der Waals surface area contributed by atoms with Gasteiger partial charge in [-0.3, -0.25) is 9.59 Å². The summed E-state index contributed by atoms with van der Waals surface area (Å²) in [5.74, 6) is -0.293. The number of fused-ring (bicyclic) bond motifs is 1. The maximum absolute atomic E-state index is 13.1. The monoisotopic (exact) mass is 524 g/mol. The van der Waals surface area contributed by atoms with E-state index in [2.05, 4.69) is 39.2 Å². The number of hydrazone groups is 1. The zero-order chi connectivity index (χ0) is 24.4. The minimum atomic E-state index is -0.462. The topological polar surface area (TPSA) is 59.0 Å². The van der Waals surface area contributed by atoms with Crippen molar-refractivity contribution in [1.82, 2.24) is 5.01 Å². The molecule has 1 aliphatic rings. The fourth-order valence-corrected chi connectivity index (χ4v) is 4.40. The average molecular weight is 525 g/mol. The van der Waals surface area contributed by atoms with Crippen molar-refractivity contribution in [2.45, 2.75) is 13.5 Å². The van der Waals surface area contributed by atoms with E-state index >= 15 is 0 Å². The van der Waals surface area contributed by atoms with Crippen LogP contribution in [0, 0.1) is 0 Å². The molecule has 0 fully saturated rings. The van der Waals surface area contributed by atoms with Gasteiger partial charge in [-0.1, -0.05) is 76.6 Å². The molecule has 0 unspecified atom stereocenters. The number of carbonyl (C=O) groups excluding carboxylic acids is 2. The van der Waals surface area contributed by atoms with E-state index < -0.39 is 11.8 Å². The SMILES string of the molecule is CC1=NN(C(=O)c2ccccc2)C(=O)/C1=C/c1cc(Br)ccc1OCc1cccc2ccccc12. The molecule has 172 valence electrons. The second kappa shape index (κ2) is 9.68. The van der Waals surface area contributed by atoms with E-state index in [1.54, 1.807) is 37.3 Å². The number of halogens is 1. The van der Waals surface area contributed by atoms with Crippen molar-refractivity contribution in [3.8, 4) is 5.75 Å². The summed E-state index contributed by atoms with van der Waals surface area (Å²) in [5, 5.41) is 7.44. The number of amides is 2. The molecule has 4 aromatic rings. The van der Waals surface area contributed by atoms with Gasteiger partial charge in [0, 0.05) is 15.6 Å². The van der Waals surface area contributed by atoms with Gasteiger partial charge in [0.2, 0.25) is 0 Å². The van der Waals surface area contributed by atoms with Crippen LogP contribution < -0.4 is 4.74 Å². The van der Waals surface area contributed by atoms with Crippen molar-refractivity contribution in [2.75, 3.05) is 0 Å². The molecule has 0 bridgehead atoms. The number of hydrogen-bond acceptors (Lipinski definition) is 4. The van der Waals surface area contributed by atoms with Crippen molar-refractivity contribution >= 4 is 50.3 Å². The van der Waals surface area contributed by atoms with Crippen LogP contribution in [-0.2, 0) is 11.4 Å². The minimum absolute atomic E-state index is 0.349. The Kier molecular flexibility index (Phi) is 6.29. The van der Waals surface area contributed by atoms with Crippen LogP contribution in [0.15, 0.2) is 106 Å². The Labute approximate surface area is 211 Å². The summed E-state index contributed by atoms with van der Waals surface area (Å²) in [6.45, 7) is 2.09. The van der Waals surface area contributed by atoms with Gasteiger partial charge in [-0.25, -0.2) is 0 Å². The lowest BCUT2D eigenvalue weighted by molar-refractivity contribution is -0.123. The third-order valence-electron chi connectivity index (χ3n) is 5.81. The van der Waals surface area contributed by atoms with Gasteiger partial charge in [0.15, 0.2) is 0 Å². The van der Waals surface area contributed by atoms with Crippen LogP contribution in [0.4, 0.5) is 0 Å². The third-order valence-corrected chi connectivity index (χ3v) is 6.30. The highest BCUT2D eigenvalue weighted by Gasteiger charge is 2.33. The molecule has 1 heterocycles. The zero-order valence-corrected chi connectivity index (χ0v) is 20.5. The normalized spacial score (nSPS) is 14.5. The number of imide groups is 1. The molecule has 5 rings (SSSR count). The van der Waals surface area contributed by atoms with Gasteiger partial charge in [-0.15, -0.1) is 0 Å². The summed E-state index contributed by atoms with van der Waals surface area (Å²) in [7, 11) is 0. The first kappa shape index (κ1) is 22.7. The molecule has 6 heteroatoms. The molecule has 0 aromatic heterocycles. The van der Waals surface area contributed by atoms with E-state index in [1.165, 1.54) is 0 Å². The second-order valence-corrected chi connectivity index (χ2v) is 9.06. The largest absolute Gasteiger partial charge is 0.488 e. The molecule has 0 radical (unpaired) electrons. The third kappa shape index (κ3) is 4.66. The van der Waals surface area contributed by atoms with E-state index in [1.807, 2.05) is 48.5 Å². The predicted molar refractivity (Wildman–Crippen MR) is 141 cm³/mol. The number of benzene rings is 4. The number of nitrogens with zero attached hydrogens (tertiary/aromatic N) is 2. The van der Waals surface area contributed by atoms with Crippen LogP contribution in [0.5, 0.6) is 5.75 Å². The molecule has 5 nitrogen and oxygen atoms in total. The predicted octanol–water partition coefficient (Wildman–Crippen LogP) is 6.62. The van der Waals surface area contributed by atoms with Gasteiger partial charge in [0.25, 0.3) is 11.8 Å². The van der Waals surface area contributed by atoms with Crippen LogP contribution in [0.2, 0.25) is 0 Å². The van der Waals surface area contributed by atoms with Crippen molar-refractivity contribution in [2.24, 2.45) is 5.10 Å². The van der Waals surface area contributed by atoms with E-state index in [0.29, 0.717) is 34.8 Å². The molecular weight excluding hydrogens is 504 g/mol. The maximum Gasteiger partial charge on any atom is 0.283 e. The minimum Gasteiger partial charge on any atom is -0.488 e. The Bertz CT molecular complexity index is 1500. The number of rotatable bonds is 5. The molecular formula is C29H21BrN2O3. The zero-order valence-electron chi connectivity index (χ0n) is 18.9. The van der Waals surface area contributed by atoms with Gasteiger partial charge in [0.05, 0.1) is 11.3 Å². The highest BCUT2D eigenvalue weighted by atomic mass is 79.9. The Morgan fingerprint density at radius 2 is 1.71 bits per heavy atom. The van der Waals surface area contributed by atoms with E-state index in [9.17, 15) is 9.59 Å². The summed E-state index contributed by atoms with van der Waals surface area (Å²) < 4.78 is 7.06. The van der Waals surface area contributed by atoms with Crippen molar-refractivity contribution in [1.29, 1.82) is 0 Å². The molecule has 4 aromatic carbocycles. The summed E-state index contributed by atoms with van der Waals surface area (Å²) in [4.78, 5) is 26.0. The standard InChI is InChI=1S/C29H21BrN2O3/c1-19-26(29(34)32(31-19)28(33)21-9-3-2-4-10-21)17-23-16-24(30)14-15-27(23)35-18-22-12-7-11-20-8-5-6-13-25(20)22/h2-17H,18H2,1H3/b26-17+. The molecule has 35 heavy (non-hydrogen) atoms. The first-order valence-electron chi connectivity index (χ1n) is 11.1. The Balaban J connectivity index is 1.43. The van der Waals surface area contributed by atoms with Gasteiger partial charge in [-0.2, -0.15) is 10.1 Å². The molecule has 0 N–H and O–H groups in total. The Morgan fingerprint density at radius 1 is 0.971 bits per heavy atom. The van der Waals surface area contributed by atoms with Crippen molar-refractivity contribution in [3.05, 3.63) is 118 Å². The fraction of sp³-hybridized carbons (Fsp3) is 0.0690. The van der Waals surface area contributed by atoms with Gasteiger partial charge >= 0.3 is 0 Å². The summed E-state index contributed by atoms with van der Waals surface area (Å²) >= 11 is 3.51. The number of hydrogen-bond donors (Lipinski definition) is 0. The van der Waals surface area contributed by atoms with Gasteiger partial charge < -0.3 is 4.74 Å². The second-order valence-electron chi connectivity index (χ2n) is 8.14. The lowest BCUT2D eigenvalue weighted by Gasteiger charge is -2.13. The van der Waals surface area contributed by atoms with E-state index in [4.69, 9.17) is 4.74 Å². The van der Waals surface area contributed by atoms with Gasteiger partial charge in [-0.05, 0) is 59.7 Å². The Morgan fingerprint density at radius 3 is 2.54 bits per heavy atom. The highest BCUT2D eigenvalue weighted by Crippen LogP contribution is 2.29. The van der Waals surface area contributed by atoms with Crippen LogP contribution in [0.3, 0.4) is 0 Å². The molecule has 0 atom stereocenters. The summed E-state index contributed by atoms with van der Waals surface area (Å²) in [6, 6.07) is 28.6. The van der Waals surface area contributed by atoms with Crippen LogP contribution in [0.25, 0.3) is 16.8 Å². The molecule has 0 saturated heterocycles. The van der Waals surface area contributed by atoms with Crippen molar-refractivity contribution in [3.63, 3.8) is 0 Å². The molecule has 0 aliphatic carbocycles. The van der Waals surface area contributed by atoms with Crippen LogP contribution in [0.1, 0.15) is 28.4 Å². The smallest absolute Gasteiger partial charge is 0.283 e. The quantitative estimate of drug-likeness (QED) is 0.217. The first-order valence-corrected chi connectivity index (χ1v) is 11.9. The fourth-order valence-electron chi connectivity index (χ4n) is 4.02. The van der Waals surface area contributed by atoms with Crippen LogP contribution in [-0.4, -0.2) is 22.5 Å². The Hall–Kier alpha value is -4.03. The number of ether oxygens (including phenoxy) is 1. The maximum atomic E-state index is 13.1. The highest BCUT2D eigenvalue weighted by molar-refractivity contribution is 9.10. The van der Waals surface area contributed by atoms with Crippen LogP contribution >= 0.6 is 15.9 Å².